The number of carboxylic acids is 1. The van der Waals surface area contributed by atoms with E-state index < -0.39 is 5.97 Å². The standard InChI is InChI=1S/C21H44N2O2/c1-5-7-8-9-10-11-12-13-14-16-20(6-2)22-17-15-18-23(3,4)19-21(24)25/h20,22H,5-19H2,1-4H3/p+1. The van der Waals surface area contributed by atoms with Crippen molar-refractivity contribution in [2.75, 3.05) is 33.7 Å². The molecule has 4 heteroatoms. The quantitative estimate of drug-likeness (QED) is 0.273. The van der Waals surface area contributed by atoms with Crippen LogP contribution in [0.15, 0.2) is 0 Å². The van der Waals surface area contributed by atoms with Gasteiger partial charge in [-0.05, 0) is 12.8 Å². The first-order valence-electron chi connectivity index (χ1n) is 10.7. The fraction of sp³-hybridized carbons (Fsp3) is 0.952. The largest absolute Gasteiger partial charge is 0.477 e. The van der Waals surface area contributed by atoms with Crippen LogP contribution in [0.2, 0.25) is 0 Å². The summed E-state index contributed by atoms with van der Waals surface area (Å²) in [6.45, 7) is 6.64. The topological polar surface area (TPSA) is 49.3 Å². The Morgan fingerprint density at radius 2 is 1.48 bits per heavy atom. The summed E-state index contributed by atoms with van der Waals surface area (Å²) < 4.78 is 0.562. The number of carbonyl (C=O) groups is 1. The molecule has 0 aliphatic carbocycles. The van der Waals surface area contributed by atoms with Gasteiger partial charge in [0.2, 0.25) is 0 Å². The van der Waals surface area contributed by atoms with Gasteiger partial charge in [-0.25, -0.2) is 4.79 Å². The second-order valence-electron chi connectivity index (χ2n) is 8.24. The number of likely N-dealkylation sites (N-methyl/N-ethyl adjacent to an activating group) is 1. The third-order valence-corrected chi connectivity index (χ3v) is 5.09. The molecule has 2 N–H and O–H groups in total. The summed E-state index contributed by atoms with van der Waals surface area (Å²) in [4.78, 5) is 10.8. The first-order chi connectivity index (χ1) is 11.9. The normalized spacial score (nSPS) is 13.1. The third kappa shape index (κ3) is 16.6. The van der Waals surface area contributed by atoms with Crippen molar-refractivity contribution >= 4 is 5.97 Å². The number of rotatable bonds is 18. The van der Waals surface area contributed by atoms with Crippen LogP contribution >= 0.6 is 0 Å². The molecule has 150 valence electrons. The van der Waals surface area contributed by atoms with Crippen molar-refractivity contribution in [1.82, 2.24) is 5.32 Å². The maximum absolute atomic E-state index is 10.8. The molecule has 0 aromatic carbocycles. The fourth-order valence-electron chi connectivity index (χ4n) is 3.41. The Hall–Kier alpha value is -0.610. The molecule has 1 unspecified atom stereocenters. The van der Waals surface area contributed by atoms with Crippen LogP contribution in [0.1, 0.15) is 90.9 Å². The van der Waals surface area contributed by atoms with E-state index in [4.69, 9.17) is 5.11 Å². The molecule has 0 fully saturated rings. The van der Waals surface area contributed by atoms with Gasteiger partial charge in [0, 0.05) is 19.0 Å². The van der Waals surface area contributed by atoms with E-state index in [2.05, 4.69) is 19.2 Å². The van der Waals surface area contributed by atoms with E-state index in [9.17, 15) is 4.79 Å². The molecule has 0 aromatic heterocycles. The summed E-state index contributed by atoms with van der Waals surface area (Å²) in [6, 6.07) is 0.625. The first-order valence-corrected chi connectivity index (χ1v) is 10.7. The predicted molar refractivity (Wildman–Crippen MR) is 108 cm³/mol. The van der Waals surface area contributed by atoms with Crippen LogP contribution in [0.25, 0.3) is 0 Å². The average molecular weight is 358 g/mol. The van der Waals surface area contributed by atoms with Crippen LogP contribution in [0.4, 0.5) is 0 Å². The van der Waals surface area contributed by atoms with Crippen molar-refractivity contribution in [3.8, 4) is 0 Å². The Balaban J connectivity index is 3.58. The zero-order valence-corrected chi connectivity index (χ0v) is 17.5. The monoisotopic (exact) mass is 357 g/mol. The maximum Gasteiger partial charge on any atom is 0.359 e. The lowest BCUT2D eigenvalue weighted by Gasteiger charge is -2.28. The van der Waals surface area contributed by atoms with Crippen molar-refractivity contribution < 1.29 is 14.4 Å². The number of carboxylic acid groups (broad SMARTS) is 1. The molecular weight excluding hydrogens is 312 g/mol. The number of hydrogen-bond acceptors (Lipinski definition) is 2. The molecule has 0 amide bonds. The van der Waals surface area contributed by atoms with E-state index in [-0.39, 0.29) is 6.54 Å². The Morgan fingerprint density at radius 1 is 0.920 bits per heavy atom. The molecule has 4 nitrogen and oxygen atoms in total. The van der Waals surface area contributed by atoms with Crippen molar-refractivity contribution in [2.24, 2.45) is 0 Å². The summed E-state index contributed by atoms with van der Waals surface area (Å²) >= 11 is 0. The minimum absolute atomic E-state index is 0.204. The summed E-state index contributed by atoms with van der Waals surface area (Å²) in [5.41, 5.74) is 0. The molecule has 0 aromatic rings. The van der Waals surface area contributed by atoms with Crippen LogP contribution < -0.4 is 5.32 Å². The van der Waals surface area contributed by atoms with Gasteiger partial charge in [-0.15, -0.1) is 0 Å². The van der Waals surface area contributed by atoms with Crippen LogP contribution in [0, 0.1) is 0 Å². The number of hydrogen-bond donors (Lipinski definition) is 2. The summed E-state index contributed by atoms with van der Waals surface area (Å²) in [5.74, 6) is -0.713. The average Bonchev–Trinajstić information content (AvgIpc) is 2.54. The maximum atomic E-state index is 10.8. The molecular formula is C21H45N2O2+. The highest BCUT2D eigenvalue weighted by Crippen LogP contribution is 2.12. The van der Waals surface area contributed by atoms with Gasteiger partial charge in [0.05, 0.1) is 20.6 Å². The van der Waals surface area contributed by atoms with Gasteiger partial charge in [0.15, 0.2) is 6.54 Å². The number of nitrogens with one attached hydrogen (secondary N) is 1. The Morgan fingerprint density at radius 3 is 2.00 bits per heavy atom. The van der Waals surface area contributed by atoms with Crippen molar-refractivity contribution in [3.05, 3.63) is 0 Å². The number of quaternary nitrogens is 1. The lowest BCUT2D eigenvalue weighted by atomic mass is 10.0. The van der Waals surface area contributed by atoms with Gasteiger partial charge < -0.3 is 14.9 Å². The van der Waals surface area contributed by atoms with Crippen LogP contribution in [-0.2, 0) is 4.79 Å². The minimum atomic E-state index is -0.713. The van der Waals surface area contributed by atoms with Crippen molar-refractivity contribution in [3.63, 3.8) is 0 Å². The van der Waals surface area contributed by atoms with E-state index >= 15 is 0 Å². The van der Waals surface area contributed by atoms with E-state index in [1.54, 1.807) is 0 Å². The number of aliphatic carboxylic acids is 1. The predicted octanol–water partition coefficient (Wildman–Crippen LogP) is 4.83. The van der Waals surface area contributed by atoms with E-state index in [0.29, 0.717) is 10.5 Å². The molecule has 0 saturated carbocycles. The second kappa shape index (κ2) is 15.6. The van der Waals surface area contributed by atoms with Crippen molar-refractivity contribution in [1.29, 1.82) is 0 Å². The van der Waals surface area contributed by atoms with Gasteiger partial charge in [-0.3, -0.25) is 0 Å². The Bertz CT molecular complexity index is 319. The van der Waals surface area contributed by atoms with Gasteiger partial charge >= 0.3 is 5.97 Å². The lowest BCUT2D eigenvalue weighted by molar-refractivity contribution is -0.883. The first kappa shape index (κ1) is 24.4. The SMILES string of the molecule is CCCCCCCCCCCC(CC)NCCC[N+](C)(C)CC(=O)O. The molecule has 0 saturated heterocycles. The summed E-state index contributed by atoms with van der Waals surface area (Å²) in [5, 5.41) is 12.6. The molecule has 0 radical (unpaired) electrons. The molecule has 0 bridgehead atoms. The number of nitrogens with zero attached hydrogens (tertiary/aromatic N) is 1. The fourth-order valence-corrected chi connectivity index (χ4v) is 3.41. The molecule has 1 atom stereocenters. The summed E-state index contributed by atoms with van der Waals surface area (Å²) in [6.07, 6.45) is 16.0. The van der Waals surface area contributed by atoms with E-state index in [0.717, 1.165) is 19.5 Å². The van der Waals surface area contributed by atoms with Gasteiger partial charge in [0.1, 0.15) is 0 Å². The van der Waals surface area contributed by atoms with E-state index in [1.807, 2.05) is 14.1 Å². The van der Waals surface area contributed by atoms with Crippen LogP contribution in [-0.4, -0.2) is 55.3 Å². The second-order valence-corrected chi connectivity index (χ2v) is 8.24. The Labute approximate surface area is 157 Å². The van der Waals surface area contributed by atoms with Crippen LogP contribution in [0.5, 0.6) is 0 Å². The minimum Gasteiger partial charge on any atom is -0.477 e. The van der Waals surface area contributed by atoms with Crippen LogP contribution in [0.3, 0.4) is 0 Å². The smallest absolute Gasteiger partial charge is 0.359 e. The van der Waals surface area contributed by atoms with E-state index in [1.165, 1.54) is 70.6 Å². The number of unbranched alkanes of at least 4 members (excludes halogenated alkanes) is 8. The third-order valence-electron chi connectivity index (χ3n) is 5.09. The highest BCUT2D eigenvalue weighted by Gasteiger charge is 2.18. The van der Waals surface area contributed by atoms with Gasteiger partial charge in [-0.2, -0.15) is 0 Å². The molecule has 0 rings (SSSR count). The molecule has 25 heavy (non-hydrogen) atoms. The zero-order chi connectivity index (χ0) is 19.0. The Kier molecular flexibility index (Phi) is 15.2. The zero-order valence-electron chi connectivity index (χ0n) is 17.5. The molecule has 0 aliphatic rings. The lowest BCUT2D eigenvalue weighted by Crippen LogP contribution is -2.45. The molecule has 0 aliphatic heterocycles. The van der Waals surface area contributed by atoms with Crippen molar-refractivity contribution in [2.45, 2.75) is 96.9 Å². The highest BCUT2D eigenvalue weighted by atomic mass is 16.4. The van der Waals surface area contributed by atoms with Gasteiger partial charge in [-0.1, -0.05) is 71.6 Å². The molecule has 0 heterocycles. The molecule has 0 spiro atoms. The van der Waals surface area contributed by atoms with Gasteiger partial charge in [0.25, 0.3) is 0 Å². The highest BCUT2D eigenvalue weighted by molar-refractivity contribution is 5.67. The summed E-state index contributed by atoms with van der Waals surface area (Å²) in [7, 11) is 3.99.